The van der Waals surface area contributed by atoms with Crippen molar-refractivity contribution in [3.63, 3.8) is 0 Å². The first-order valence-electron chi connectivity index (χ1n) is 3.58. The van der Waals surface area contributed by atoms with Gasteiger partial charge in [-0.1, -0.05) is 0 Å². The monoisotopic (exact) mass is 292 g/mol. The topological polar surface area (TPSA) is 0 Å². The van der Waals surface area contributed by atoms with Crippen LogP contribution in [0.2, 0.25) is 0 Å². The molecule has 1 aromatic carbocycles. The van der Waals surface area contributed by atoms with Crippen molar-refractivity contribution in [2.45, 2.75) is 12.6 Å². The van der Waals surface area contributed by atoms with E-state index in [-0.39, 0.29) is 0 Å². The van der Waals surface area contributed by atoms with Gasteiger partial charge in [-0.3, -0.25) is 0 Å². The molecule has 0 radical (unpaired) electrons. The summed E-state index contributed by atoms with van der Waals surface area (Å²) in [5.74, 6) is -1.15. The van der Waals surface area contributed by atoms with Gasteiger partial charge in [-0.05, 0) is 28.1 Å². The van der Waals surface area contributed by atoms with Crippen LogP contribution in [0.4, 0.5) is 26.3 Å². The Labute approximate surface area is 89.0 Å². The summed E-state index contributed by atoms with van der Waals surface area (Å²) in [5.41, 5.74) is -2.91. The molecule has 15 heavy (non-hydrogen) atoms. The number of hydrogen-bond donors (Lipinski definition) is 0. The van der Waals surface area contributed by atoms with Crippen molar-refractivity contribution in [3.8, 4) is 0 Å². The van der Waals surface area contributed by atoms with E-state index >= 15 is 0 Å². The van der Waals surface area contributed by atoms with Gasteiger partial charge < -0.3 is 0 Å². The first-order valence-corrected chi connectivity index (χ1v) is 4.37. The third kappa shape index (κ3) is 2.45. The van der Waals surface area contributed by atoms with E-state index in [1.54, 1.807) is 0 Å². The van der Waals surface area contributed by atoms with Crippen LogP contribution in [0.3, 0.4) is 0 Å². The summed E-state index contributed by atoms with van der Waals surface area (Å²) in [4.78, 5) is 0. The van der Waals surface area contributed by atoms with Crippen LogP contribution in [0.5, 0.6) is 0 Å². The number of hydrogen-bond acceptors (Lipinski definition) is 0. The zero-order chi connectivity index (χ0) is 11.8. The zero-order valence-corrected chi connectivity index (χ0v) is 8.46. The number of rotatable bonds is 1. The second-order valence-electron chi connectivity index (χ2n) is 2.62. The maximum Gasteiger partial charge on any atom is 0.416 e. The third-order valence-corrected chi connectivity index (χ3v) is 2.46. The van der Waals surface area contributed by atoms with Gasteiger partial charge in [0.25, 0.3) is 6.43 Å². The fourth-order valence-corrected chi connectivity index (χ4v) is 1.55. The molecule has 1 aromatic rings. The molecule has 0 aromatic heterocycles. The molecule has 0 N–H and O–H groups in total. The van der Waals surface area contributed by atoms with E-state index in [0.717, 1.165) is 0 Å². The molecule has 84 valence electrons. The van der Waals surface area contributed by atoms with Crippen LogP contribution in [0.1, 0.15) is 17.6 Å². The molecular formula is C8H3BrF6. The molecule has 0 nitrogen and oxygen atoms in total. The highest BCUT2D eigenvalue weighted by Crippen LogP contribution is 2.40. The molecule has 7 heteroatoms. The third-order valence-electron chi connectivity index (χ3n) is 1.66. The first-order chi connectivity index (χ1) is 6.75. The van der Waals surface area contributed by atoms with Crippen molar-refractivity contribution >= 4 is 15.9 Å². The Kier molecular flexibility index (Phi) is 3.32. The van der Waals surface area contributed by atoms with Crippen LogP contribution in [0.15, 0.2) is 16.6 Å². The largest absolute Gasteiger partial charge is 0.416 e. The summed E-state index contributed by atoms with van der Waals surface area (Å²) in [6, 6.07) is 0.778. The molecule has 0 bridgehead atoms. The Morgan fingerprint density at radius 1 is 1.13 bits per heavy atom. The van der Waals surface area contributed by atoms with Crippen LogP contribution in [-0.2, 0) is 6.18 Å². The highest BCUT2D eigenvalue weighted by molar-refractivity contribution is 9.10. The average molecular weight is 293 g/mol. The molecule has 0 unspecified atom stereocenters. The van der Waals surface area contributed by atoms with Gasteiger partial charge in [-0.15, -0.1) is 0 Å². The lowest BCUT2D eigenvalue weighted by Gasteiger charge is -2.13. The molecule has 0 aliphatic heterocycles. The van der Waals surface area contributed by atoms with Crippen LogP contribution >= 0.6 is 15.9 Å². The average Bonchev–Trinajstić information content (AvgIpc) is 2.06. The Bertz CT molecular complexity index is 370. The highest BCUT2D eigenvalue weighted by Gasteiger charge is 2.37. The maximum absolute atomic E-state index is 12.8. The van der Waals surface area contributed by atoms with Gasteiger partial charge in [0.05, 0.1) is 10.0 Å². The van der Waals surface area contributed by atoms with Gasteiger partial charge in [-0.25, -0.2) is 13.2 Å². The fraction of sp³-hybridized carbons (Fsp3) is 0.250. The summed E-state index contributed by atoms with van der Waals surface area (Å²) in [5, 5.41) is 0. The molecule has 0 heterocycles. The van der Waals surface area contributed by atoms with E-state index in [2.05, 4.69) is 15.9 Å². The molecule has 0 atom stereocenters. The Morgan fingerprint density at radius 3 is 2.07 bits per heavy atom. The molecule has 1 rings (SSSR count). The quantitative estimate of drug-likeness (QED) is 0.667. The van der Waals surface area contributed by atoms with Crippen LogP contribution < -0.4 is 0 Å². The summed E-state index contributed by atoms with van der Waals surface area (Å²) >= 11 is 2.37. The predicted molar refractivity (Wildman–Crippen MR) is 44.1 cm³/mol. The van der Waals surface area contributed by atoms with Gasteiger partial charge in [0.2, 0.25) is 0 Å². The fourth-order valence-electron chi connectivity index (χ4n) is 1.03. The normalized spacial score (nSPS) is 12.3. The molecule has 0 amide bonds. The second-order valence-corrected chi connectivity index (χ2v) is 3.41. The van der Waals surface area contributed by atoms with Crippen LogP contribution in [0.25, 0.3) is 0 Å². The Balaban J connectivity index is 3.47. The van der Waals surface area contributed by atoms with Gasteiger partial charge >= 0.3 is 6.18 Å². The lowest BCUT2D eigenvalue weighted by Crippen LogP contribution is -2.10. The van der Waals surface area contributed by atoms with Crippen molar-refractivity contribution in [3.05, 3.63) is 33.5 Å². The summed E-state index contributed by atoms with van der Waals surface area (Å²) in [6.07, 6.45) is -8.33. The molecule has 0 spiro atoms. The van der Waals surface area contributed by atoms with Crippen molar-refractivity contribution in [2.24, 2.45) is 0 Å². The van der Waals surface area contributed by atoms with Crippen molar-refractivity contribution in [1.82, 2.24) is 0 Å². The van der Waals surface area contributed by atoms with Crippen LogP contribution in [-0.4, -0.2) is 0 Å². The summed E-state index contributed by atoms with van der Waals surface area (Å²) in [6.45, 7) is 0. The highest BCUT2D eigenvalue weighted by atomic mass is 79.9. The predicted octanol–water partition coefficient (Wildman–Crippen LogP) is 4.54. The number of alkyl halides is 5. The van der Waals surface area contributed by atoms with E-state index in [9.17, 15) is 26.3 Å². The lowest BCUT2D eigenvalue weighted by atomic mass is 10.1. The minimum atomic E-state index is -4.93. The molecule has 0 aliphatic rings. The van der Waals surface area contributed by atoms with E-state index in [0.29, 0.717) is 12.1 Å². The lowest BCUT2D eigenvalue weighted by molar-refractivity contribution is -0.139. The smallest absolute Gasteiger partial charge is 0.206 e. The minimum absolute atomic E-state index is 0.293. The van der Waals surface area contributed by atoms with Crippen molar-refractivity contribution in [1.29, 1.82) is 0 Å². The first kappa shape index (κ1) is 12.4. The zero-order valence-electron chi connectivity index (χ0n) is 6.88. The minimum Gasteiger partial charge on any atom is -0.206 e. The summed E-state index contributed by atoms with van der Waals surface area (Å²) < 4.78 is 73.2. The SMILES string of the molecule is Fc1ccc(C(F)(F)F)c(C(F)F)c1Br. The second kappa shape index (κ2) is 4.03. The molecule has 0 fully saturated rings. The van der Waals surface area contributed by atoms with E-state index in [1.807, 2.05) is 0 Å². The van der Waals surface area contributed by atoms with E-state index < -0.39 is 34.0 Å². The van der Waals surface area contributed by atoms with Crippen molar-refractivity contribution < 1.29 is 26.3 Å². The van der Waals surface area contributed by atoms with Gasteiger partial charge in [-0.2, -0.15) is 13.2 Å². The standard InChI is InChI=1S/C8H3BrF6/c9-6-4(10)2-1-3(8(13,14)15)5(6)7(11)12/h1-2,7H. The number of halogens is 7. The van der Waals surface area contributed by atoms with Crippen molar-refractivity contribution in [2.75, 3.05) is 0 Å². The molecule has 0 saturated carbocycles. The Morgan fingerprint density at radius 2 is 1.67 bits per heavy atom. The van der Waals surface area contributed by atoms with Gasteiger partial charge in [0.1, 0.15) is 5.82 Å². The van der Waals surface area contributed by atoms with E-state index in [4.69, 9.17) is 0 Å². The van der Waals surface area contributed by atoms with Gasteiger partial charge in [0.15, 0.2) is 0 Å². The number of benzene rings is 1. The maximum atomic E-state index is 12.8. The molecular weight excluding hydrogens is 290 g/mol. The van der Waals surface area contributed by atoms with E-state index in [1.165, 1.54) is 0 Å². The molecule has 0 aliphatic carbocycles. The van der Waals surface area contributed by atoms with Gasteiger partial charge in [0, 0.05) is 5.56 Å². The van der Waals surface area contributed by atoms with Crippen LogP contribution in [0, 0.1) is 5.82 Å². The summed E-state index contributed by atoms with van der Waals surface area (Å²) in [7, 11) is 0. The molecule has 0 saturated heterocycles. The Hall–Kier alpha value is -0.720.